The summed E-state index contributed by atoms with van der Waals surface area (Å²) in [5, 5.41) is 3.50. The maximum Gasteiger partial charge on any atom is 0.127 e. The Labute approximate surface area is 115 Å². The Hall–Kier alpha value is -1.66. The highest BCUT2D eigenvalue weighted by atomic mass is 16.5. The van der Waals surface area contributed by atoms with Crippen LogP contribution in [0.15, 0.2) is 18.2 Å². The lowest BCUT2D eigenvalue weighted by molar-refractivity contribution is 0.319. The molecular weight excluding hydrogens is 238 g/mol. The quantitative estimate of drug-likeness (QED) is 0.603. The highest BCUT2D eigenvalue weighted by Crippen LogP contribution is 2.26. The van der Waals surface area contributed by atoms with Gasteiger partial charge in [-0.25, -0.2) is 0 Å². The van der Waals surface area contributed by atoms with Gasteiger partial charge in [-0.2, -0.15) is 0 Å². The molecule has 3 nitrogen and oxygen atoms in total. The van der Waals surface area contributed by atoms with E-state index in [9.17, 15) is 0 Å². The third-order valence-electron chi connectivity index (χ3n) is 3.09. The van der Waals surface area contributed by atoms with E-state index >= 15 is 0 Å². The predicted octanol–water partition coefficient (Wildman–Crippen LogP) is 2.74. The van der Waals surface area contributed by atoms with Crippen LogP contribution in [0.1, 0.15) is 31.7 Å². The first-order valence-corrected chi connectivity index (χ1v) is 6.76. The van der Waals surface area contributed by atoms with Gasteiger partial charge in [-0.05, 0) is 25.8 Å². The molecule has 1 fully saturated rings. The summed E-state index contributed by atoms with van der Waals surface area (Å²) in [5.41, 5.74) is 1.18. The molecule has 1 N–H and O–H groups in total. The molecule has 0 saturated heterocycles. The molecule has 0 bridgehead atoms. The van der Waals surface area contributed by atoms with Gasteiger partial charge in [-0.15, -0.1) is 11.8 Å². The van der Waals surface area contributed by atoms with E-state index in [1.54, 1.807) is 7.11 Å². The molecule has 0 aromatic heterocycles. The van der Waals surface area contributed by atoms with Crippen molar-refractivity contribution in [1.29, 1.82) is 0 Å². The zero-order valence-corrected chi connectivity index (χ0v) is 11.7. The summed E-state index contributed by atoms with van der Waals surface area (Å²) in [7, 11) is 1.67. The molecule has 0 amide bonds. The Balaban J connectivity index is 1.98. The lowest BCUT2D eigenvalue weighted by Crippen LogP contribution is -2.16. The second-order valence-corrected chi connectivity index (χ2v) is 4.65. The van der Waals surface area contributed by atoms with Gasteiger partial charge in [0.1, 0.15) is 11.5 Å². The predicted molar refractivity (Wildman–Crippen MR) is 76.4 cm³/mol. The van der Waals surface area contributed by atoms with E-state index in [0.29, 0.717) is 12.6 Å². The summed E-state index contributed by atoms with van der Waals surface area (Å²) in [5.74, 6) is 7.60. The summed E-state index contributed by atoms with van der Waals surface area (Å²) < 4.78 is 11.1. The topological polar surface area (TPSA) is 30.5 Å². The summed E-state index contributed by atoms with van der Waals surface area (Å²) in [6.07, 6.45) is 3.33. The Morgan fingerprint density at radius 1 is 1.37 bits per heavy atom. The van der Waals surface area contributed by atoms with Crippen molar-refractivity contribution in [3.63, 3.8) is 0 Å². The van der Waals surface area contributed by atoms with Crippen LogP contribution >= 0.6 is 0 Å². The molecule has 0 radical (unpaired) electrons. The Bertz CT molecular complexity index is 469. The zero-order valence-electron chi connectivity index (χ0n) is 11.7. The minimum Gasteiger partial charge on any atom is -0.497 e. The van der Waals surface area contributed by atoms with Crippen LogP contribution < -0.4 is 14.8 Å². The smallest absolute Gasteiger partial charge is 0.127 e. The van der Waals surface area contributed by atoms with Gasteiger partial charge in [0.25, 0.3) is 0 Å². The van der Waals surface area contributed by atoms with Crippen molar-refractivity contribution in [2.24, 2.45) is 0 Å². The summed E-state index contributed by atoms with van der Waals surface area (Å²) >= 11 is 0. The zero-order chi connectivity index (χ0) is 13.5. The normalized spacial score (nSPS) is 13.6. The fourth-order valence-corrected chi connectivity index (χ4v) is 1.82. The van der Waals surface area contributed by atoms with Crippen LogP contribution in [0.5, 0.6) is 11.5 Å². The van der Waals surface area contributed by atoms with Gasteiger partial charge in [-0.1, -0.05) is 6.07 Å². The fraction of sp³-hybridized carbons (Fsp3) is 0.500. The maximum atomic E-state index is 5.81. The molecule has 0 spiro atoms. The van der Waals surface area contributed by atoms with Gasteiger partial charge >= 0.3 is 0 Å². The van der Waals surface area contributed by atoms with Crippen LogP contribution in [0.3, 0.4) is 0 Å². The average Bonchev–Trinajstić information content (AvgIpc) is 3.26. The van der Waals surface area contributed by atoms with Crippen molar-refractivity contribution in [2.75, 3.05) is 13.7 Å². The third kappa shape index (κ3) is 4.50. The molecule has 1 aromatic carbocycles. The van der Waals surface area contributed by atoms with Gasteiger partial charge in [-0.3, -0.25) is 0 Å². The second kappa shape index (κ2) is 7.06. The number of hydrogen-bond donors (Lipinski definition) is 1. The lowest BCUT2D eigenvalue weighted by Gasteiger charge is -2.13. The molecule has 1 aliphatic rings. The standard InChI is InChI=1S/C16H21NO2/c1-3-4-5-10-19-16-11-15(18-2)9-6-13(16)12-17-14-7-8-14/h6,9,11,14,17H,5,7-8,10,12H2,1-2H3. The molecule has 2 rings (SSSR count). The van der Waals surface area contributed by atoms with E-state index in [0.717, 1.165) is 24.5 Å². The van der Waals surface area contributed by atoms with Crippen LogP contribution in [-0.4, -0.2) is 19.8 Å². The van der Waals surface area contributed by atoms with E-state index < -0.39 is 0 Å². The van der Waals surface area contributed by atoms with Crippen LogP contribution in [0.4, 0.5) is 0 Å². The van der Waals surface area contributed by atoms with E-state index in [1.807, 2.05) is 19.1 Å². The molecular formula is C16H21NO2. The molecule has 0 atom stereocenters. The minimum atomic E-state index is 0.616. The monoisotopic (exact) mass is 259 g/mol. The first kappa shape index (κ1) is 13.8. The Morgan fingerprint density at radius 2 is 2.21 bits per heavy atom. The number of methoxy groups -OCH3 is 1. The first-order chi connectivity index (χ1) is 9.33. The van der Waals surface area contributed by atoms with E-state index in [1.165, 1.54) is 18.4 Å². The van der Waals surface area contributed by atoms with E-state index in [2.05, 4.69) is 23.2 Å². The van der Waals surface area contributed by atoms with Crippen LogP contribution in [0.25, 0.3) is 0 Å². The largest absolute Gasteiger partial charge is 0.497 e. The van der Waals surface area contributed by atoms with Gasteiger partial charge in [0.05, 0.1) is 13.7 Å². The van der Waals surface area contributed by atoms with Gasteiger partial charge in [0.15, 0.2) is 0 Å². The summed E-state index contributed by atoms with van der Waals surface area (Å²) in [6.45, 7) is 3.31. The van der Waals surface area contributed by atoms with Gasteiger partial charge < -0.3 is 14.8 Å². The first-order valence-electron chi connectivity index (χ1n) is 6.76. The fourth-order valence-electron chi connectivity index (χ4n) is 1.82. The number of benzene rings is 1. The average molecular weight is 259 g/mol. The van der Waals surface area contributed by atoms with Crippen LogP contribution in [0.2, 0.25) is 0 Å². The van der Waals surface area contributed by atoms with Crippen molar-refractivity contribution in [3.8, 4) is 23.3 Å². The van der Waals surface area contributed by atoms with Gasteiger partial charge in [0, 0.05) is 30.6 Å². The van der Waals surface area contributed by atoms with Crippen molar-refractivity contribution in [2.45, 2.75) is 38.8 Å². The molecule has 1 aromatic rings. The summed E-state index contributed by atoms with van der Waals surface area (Å²) in [4.78, 5) is 0. The number of nitrogens with one attached hydrogen (secondary N) is 1. The lowest BCUT2D eigenvalue weighted by atomic mass is 10.2. The van der Waals surface area contributed by atoms with Crippen molar-refractivity contribution in [1.82, 2.24) is 5.32 Å². The molecule has 0 heterocycles. The molecule has 0 unspecified atom stereocenters. The van der Waals surface area contributed by atoms with Crippen molar-refractivity contribution in [3.05, 3.63) is 23.8 Å². The Morgan fingerprint density at radius 3 is 2.89 bits per heavy atom. The Kier molecular flexibility index (Phi) is 5.11. The van der Waals surface area contributed by atoms with Crippen LogP contribution in [-0.2, 0) is 6.54 Å². The highest BCUT2D eigenvalue weighted by molar-refractivity contribution is 5.40. The number of ether oxygens (including phenoxy) is 2. The maximum absolute atomic E-state index is 5.81. The molecule has 102 valence electrons. The summed E-state index contributed by atoms with van der Waals surface area (Å²) in [6, 6.07) is 6.68. The van der Waals surface area contributed by atoms with Crippen molar-refractivity contribution >= 4 is 0 Å². The molecule has 19 heavy (non-hydrogen) atoms. The van der Waals surface area contributed by atoms with Crippen molar-refractivity contribution < 1.29 is 9.47 Å². The second-order valence-electron chi connectivity index (χ2n) is 4.65. The molecule has 0 aliphatic heterocycles. The van der Waals surface area contributed by atoms with E-state index in [-0.39, 0.29) is 0 Å². The van der Waals surface area contributed by atoms with Crippen LogP contribution in [0, 0.1) is 11.8 Å². The third-order valence-corrected chi connectivity index (χ3v) is 3.09. The molecule has 1 saturated carbocycles. The number of rotatable bonds is 7. The van der Waals surface area contributed by atoms with E-state index in [4.69, 9.17) is 9.47 Å². The SMILES string of the molecule is CC#CCCOc1cc(OC)ccc1CNC1CC1. The minimum absolute atomic E-state index is 0.616. The molecule has 3 heteroatoms. The van der Waals surface area contributed by atoms with Gasteiger partial charge in [0.2, 0.25) is 0 Å². The highest BCUT2D eigenvalue weighted by Gasteiger charge is 2.20. The molecule has 1 aliphatic carbocycles. The number of hydrogen-bond acceptors (Lipinski definition) is 3.